The van der Waals surface area contributed by atoms with Gasteiger partial charge in [0.05, 0.1) is 6.54 Å². The molecule has 1 saturated heterocycles. The fourth-order valence-corrected chi connectivity index (χ4v) is 2.06. The highest BCUT2D eigenvalue weighted by Gasteiger charge is 2.20. The number of hydrogen-bond acceptors (Lipinski definition) is 1. The maximum absolute atomic E-state index is 12.0. The average molecular weight is 191 g/mol. The minimum atomic E-state index is -2.16. The first kappa shape index (κ1) is 10.9. The number of hydrogen-bond donors (Lipinski definition) is 0. The first-order valence-corrected chi connectivity index (χ1v) is 5.23. The van der Waals surface area contributed by atoms with Crippen molar-refractivity contribution in [1.29, 1.82) is 0 Å². The van der Waals surface area contributed by atoms with Gasteiger partial charge in [0.15, 0.2) is 0 Å². The zero-order valence-electron chi connectivity index (χ0n) is 8.31. The molecule has 0 bridgehead atoms. The summed E-state index contributed by atoms with van der Waals surface area (Å²) in [5.41, 5.74) is 0. The Bertz CT molecular complexity index is 131. The first-order chi connectivity index (χ1) is 6.22. The van der Waals surface area contributed by atoms with Crippen LogP contribution in [0.25, 0.3) is 0 Å². The third-order valence-corrected chi connectivity index (χ3v) is 2.80. The molecule has 1 aliphatic heterocycles. The Hall–Kier alpha value is -0.180. The molecule has 0 N–H and O–H groups in total. The minimum absolute atomic E-state index is 0.0289. The first-order valence-electron chi connectivity index (χ1n) is 5.23. The van der Waals surface area contributed by atoms with E-state index in [4.69, 9.17) is 0 Å². The molecule has 13 heavy (non-hydrogen) atoms. The normalized spacial score (nSPS) is 21.2. The van der Waals surface area contributed by atoms with Crippen LogP contribution in [0.5, 0.6) is 0 Å². The van der Waals surface area contributed by atoms with Gasteiger partial charge in [0.25, 0.3) is 6.43 Å². The molecule has 0 aromatic rings. The van der Waals surface area contributed by atoms with Crippen LogP contribution in [0.15, 0.2) is 0 Å². The molecule has 0 aromatic heterocycles. The Morgan fingerprint density at radius 3 is 2.38 bits per heavy atom. The number of piperidine rings is 1. The van der Waals surface area contributed by atoms with Gasteiger partial charge in [0, 0.05) is 0 Å². The molecule has 1 fully saturated rings. The molecule has 1 heterocycles. The minimum Gasteiger partial charge on any atom is -0.298 e. The summed E-state index contributed by atoms with van der Waals surface area (Å²) < 4.78 is 24.0. The van der Waals surface area contributed by atoms with Gasteiger partial charge in [-0.15, -0.1) is 0 Å². The highest BCUT2D eigenvalue weighted by Crippen LogP contribution is 2.21. The van der Waals surface area contributed by atoms with Gasteiger partial charge >= 0.3 is 0 Å². The molecule has 0 atom stereocenters. The summed E-state index contributed by atoms with van der Waals surface area (Å²) in [4.78, 5) is 1.89. The second kappa shape index (κ2) is 5.53. The fraction of sp³-hybridized carbons (Fsp3) is 1.00. The third-order valence-electron chi connectivity index (χ3n) is 2.80. The SMILES string of the molecule is CCCC1CCN(CC(F)F)CC1. The smallest absolute Gasteiger partial charge is 0.251 e. The molecule has 0 saturated carbocycles. The van der Waals surface area contributed by atoms with E-state index in [1.54, 1.807) is 0 Å². The number of halogens is 2. The van der Waals surface area contributed by atoms with Crippen molar-refractivity contribution < 1.29 is 8.78 Å². The van der Waals surface area contributed by atoms with Gasteiger partial charge in [-0.1, -0.05) is 19.8 Å². The molecular weight excluding hydrogens is 172 g/mol. The van der Waals surface area contributed by atoms with Crippen molar-refractivity contribution in [1.82, 2.24) is 4.90 Å². The summed E-state index contributed by atoms with van der Waals surface area (Å²) >= 11 is 0. The van der Waals surface area contributed by atoms with Gasteiger partial charge in [0.2, 0.25) is 0 Å². The molecule has 1 nitrogen and oxygen atoms in total. The molecule has 1 aliphatic rings. The molecule has 0 aliphatic carbocycles. The highest BCUT2D eigenvalue weighted by molar-refractivity contribution is 4.72. The van der Waals surface area contributed by atoms with Crippen molar-refractivity contribution in [3.8, 4) is 0 Å². The van der Waals surface area contributed by atoms with Gasteiger partial charge in [-0.3, -0.25) is 4.90 Å². The molecule has 1 rings (SSSR count). The molecule has 0 amide bonds. The Balaban J connectivity index is 2.15. The predicted octanol–water partition coefficient (Wildman–Crippen LogP) is 2.76. The van der Waals surface area contributed by atoms with E-state index in [0.717, 1.165) is 31.8 Å². The van der Waals surface area contributed by atoms with Crippen LogP contribution in [0.1, 0.15) is 32.6 Å². The summed E-state index contributed by atoms with van der Waals surface area (Å²) in [6.07, 6.45) is 2.55. The topological polar surface area (TPSA) is 3.24 Å². The summed E-state index contributed by atoms with van der Waals surface area (Å²) in [5, 5.41) is 0. The van der Waals surface area contributed by atoms with Crippen molar-refractivity contribution in [2.75, 3.05) is 19.6 Å². The van der Waals surface area contributed by atoms with Crippen molar-refractivity contribution in [2.24, 2.45) is 5.92 Å². The van der Waals surface area contributed by atoms with Crippen LogP contribution in [0.4, 0.5) is 8.78 Å². The predicted molar refractivity (Wildman–Crippen MR) is 50.1 cm³/mol. The van der Waals surface area contributed by atoms with Gasteiger partial charge in [0.1, 0.15) is 0 Å². The van der Waals surface area contributed by atoms with Crippen molar-refractivity contribution >= 4 is 0 Å². The lowest BCUT2D eigenvalue weighted by molar-refractivity contribution is 0.0680. The summed E-state index contributed by atoms with van der Waals surface area (Å²) in [5.74, 6) is 0.791. The van der Waals surface area contributed by atoms with E-state index >= 15 is 0 Å². The molecule has 78 valence electrons. The standard InChI is InChI=1S/C10H19F2N/c1-2-3-9-4-6-13(7-5-9)8-10(11)12/h9-10H,2-8H2,1H3. The van der Waals surface area contributed by atoms with E-state index in [1.165, 1.54) is 12.8 Å². The fourth-order valence-electron chi connectivity index (χ4n) is 2.06. The average Bonchev–Trinajstić information content (AvgIpc) is 2.08. The number of likely N-dealkylation sites (tertiary alicyclic amines) is 1. The van der Waals surface area contributed by atoms with Crippen LogP contribution in [0.3, 0.4) is 0 Å². The van der Waals surface area contributed by atoms with Crippen LogP contribution in [0.2, 0.25) is 0 Å². The van der Waals surface area contributed by atoms with Gasteiger partial charge in [-0.25, -0.2) is 8.78 Å². The van der Waals surface area contributed by atoms with Crippen LogP contribution in [-0.2, 0) is 0 Å². The van der Waals surface area contributed by atoms with Crippen LogP contribution < -0.4 is 0 Å². The van der Waals surface area contributed by atoms with E-state index in [9.17, 15) is 8.78 Å². The third kappa shape index (κ3) is 4.03. The van der Waals surface area contributed by atoms with E-state index < -0.39 is 6.43 Å². The summed E-state index contributed by atoms with van der Waals surface area (Å²) in [6, 6.07) is 0. The summed E-state index contributed by atoms with van der Waals surface area (Å²) in [7, 11) is 0. The highest BCUT2D eigenvalue weighted by atomic mass is 19.3. The van der Waals surface area contributed by atoms with Gasteiger partial charge < -0.3 is 0 Å². The Kier molecular flexibility index (Phi) is 4.64. The quantitative estimate of drug-likeness (QED) is 0.660. The van der Waals surface area contributed by atoms with E-state index in [2.05, 4.69) is 6.92 Å². The number of nitrogens with zero attached hydrogens (tertiary/aromatic N) is 1. The maximum Gasteiger partial charge on any atom is 0.251 e. The van der Waals surface area contributed by atoms with Gasteiger partial charge in [-0.2, -0.15) is 0 Å². The van der Waals surface area contributed by atoms with Crippen LogP contribution in [0, 0.1) is 5.92 Å². The Morgan fingerprint density at radius 1 is 1.31 bits per heavy atom. The molecule has 0 radical (unpaired) electrons. The monoisotopic (exact) mass is 191 g/mol. The second-order valence-corrected chi connectivity index (χ2v) is 3.92. The zero-order chi connectivity index (χ0) is 9.68. The lowest BCUT2D eigenvalue weighted by Gasteiger charge is -2.31. The van der Waals surface area contributed by atoms with E-state index in [0.29, 0.717) is 0 Å². The van der Waals surface area contributed by atoms with Crippen LogP contribution in [-0.4, -0.2) is 31.0 Å². The molecule has 3 heteroatoms. The van der Waals surface area contributed by atoms with E-state index in [-0.39, 0.29) is 6.54 Å². The Labute approximate surface area is 79.1 Å². The number of alkyl halides is 2. The molecular formula is C10H19F2N. The summed E-state index contributed by atoms with van der Waals surface area (Å²) in [6.45, 7) is 3.90. The Morgan fingerprint density at radius 2 is 1.92 bits per heavy atom. The van der Waals surface area contributed by atoms with Gasteiger partial charge in [-0.05, 0) is 31.8 Å². The van der Waals surface area contributed by atoms with Crippen molar-refractivity contribution in [3.63, 3.8) is 0 Å². The van der Waals surface area contributed by atoms with Crippen molar-refractivity contribution in [3.05, 3.63) is 0 Å². The molecule has 0 aromatic carbocycles. The van der Waals surface area contributed by atoms with Crippen LogP contribution >= 0.6 is 0 Å². The maximum atomic E-state index is 12.0. The largest absolute Gasteiger partial charge is 0.298 e. The lowest BCUT2D eigenvalue weighted by atomic mass is 9.92. The van der Waals surface area contributed by atoms with Crippen molar-refractivity contribution in [2.45, 2.75) is 39.0 Å². The van der Waals surface area contributed by atoms with E-state index in [1.807, 2.05) is 4.90 Å². The zero-order valence-corrected chi connectivity index (χ0v) is 8.31. The molecule has 0 spiro atoms. The number of rotatable bonds is 4. The molecule has 0 unspecified atom stereocenters. The lowest BCUT2D eigenvalue weighted by Crippen LogP contribution is -2.36. The second-order valence-electron chi connectivity index (χ2n) is 3.92.